The van der Waals surface area contributed by atoms with Crippen molar-refractivity contribution in [2.24, 2.45) is 0 Å². The molecule has 4 heteroatoms. The van der Waals surface area contributed by atoms with E-state index in [-0.39, 0.29) is 5.91 Å². The zero-order chi connectivity index (χ0) is 14.1. The predicted octanol–water partition coefficient (Wildman–Crippen LogP) is 3.85. The molecule has 104 valence electrons. The Morgan fingerprint density at radius 3 is 2.65 bits per heavy atom. The minimum absolute atomic E-state index is 0.0528. The predicted molar refractivity (Wildman–Crippen MR) is 83.3 cm³/mol. The molecule has 0 aromatic heterocycles. The van der Waals surface area contributed by atoms with Gasteiger partial charge in [0, 0.05) is 17.6 Å². The summed E-state index contributed by atoms with van der Waals surface area (Å²) in [5, 5.41) is 2.10. The van der Waals surface area contributed by atoms with E-state index in [0.717, 1.165) is 41.2 Å². The number of carbonyl (C=O) groups is 1. The molecule has 0 aliphatic carbocycles. The minimum Gasteiger partial charge on any atom is -0.496 e. The quantitative estimate of drug-likeness (QED) is 0.835. The molecule has 0 radical (unpaired) electrons. The Hall–Kier alpha value is -1.55. The van der Waals surface area contributed by atoms with Gasteiger partial charge in [-0.1, -0.05) is 24.3 Å². The summed E-state index contributed by atoms with van der Waals surface area (Å²) >= 11 is 3.59. The van der Waals surface area contributed by atoms with Crippen LogP contribution in [0.3, 0.4) is 0 Å². The van der Waals surface area contributed by atoms with Crippen molar-refractivity contribution in [3.05, 3.63) is 40.4 Å². The molecule has 0 N–H and O–H groups in total. The van der Waals surface area contributed by atoms with E-state index < -0.39 is 0 Å². The molecule has 2 aromatic rings. The topological polar surface area (TPSA) is 29.5 Å². The van der Waals surface area contributed by atoms with Crippen LogP contribution >= 0.6 is 15.9 Å². The molecule has 0 atom stereocenters. The van der Waals surface area contributed by atoms with Crippen molar-refractivity contribution in [3.63, 3.8) is 0 Å². The highest BCUT2D eigenvalue weighted by Gasteiger charge is 2.25. The van der Waals surface area contributed by atoms with Crippen LogP contribution in [-0.4, -0.2) is 31.0 Å². The molecule has 1 fully saturated rings. The second-order valence-electron chi connectivity index (χ2n) is 4.99. The SMILES string of the molecule is COc1cc2ccccc2c(Br)c1C(=O)N1CCCC1. The zero-order valence-electron chi connectivity index (χ0n) is 11.4. The van der Waals surface area contributed by atoms with Crippen LogP contribution in [0.15, 0.2) is 34.8 Å². The first-order chi connectivity index (χ1) is 9.72. The van der Waals surface area contributed by atoms with Gasteiger partial charge in [0.1, 0.15) is 5.75 Å². The van der Waals surface area contributed by atoms with Crippen LogP contribution in [-0.2, 0) is 0 Å². The number of methoxy groups -OCH3 is 1. The van der Waals surface area contributed by atoms with E-state index >= 15 is 0 Å². The van der Waals surface area contributed by atoms with Crippen LogP contribution in [0.4, 0.5) is 0 Å². The van der Waals surface area contributed by atoms with Gasteiger partial charge in [-0.05, 0) is 45.6 Å². The smallest absolute Gasteiger partial charge is 0.258 e. The Morgan fingerprint density at radius 1 is 1.25 bits per heavy atom. The van der Waals surface area contributed by atoms with Gasteiger partial charge in [-0.15, -0.1) is 0 Å². The molecule has 1 aliphatic heterocycles. The van der Waals surface area contributed by atoms with Crippen LogP contribution in [0.25, 0.3) is 10.8 Å². The van der Waals surface area contributed by atoms with Gasteiger partial charge < -0.3 is 9.64 Å². The number of rotatable bonds is 2. The van der Waals surface area contributed by atoms with Gasteiger partial charge in [0.15, 0.2) is 0 Å². The van der Waals surface area contributed by atoms with Crippen LogP contribution in [0.5, 0.6) is 5.75 Å². The van der Waals surface area contributed by atoms with Crippen molar-refractivity contribution in [1.29, 1.82) is 0 Å². The Morgan fingerprint density at radius 2 is 1.95 bits per heavy atom. The number of hydrogen-bond acceptors (Lipinski definition) is 2. The average molecular weight is 334 g/mol. The van der Waals surface area contributed by atoms with Gasteiger partial charge >= 0.3 is 0 Å². The summed E-state index contributed by atoms with van der Waals surface area (Å²) in [7, 11) is 1.61. The van der Waals surface area contributed by atoms with E-state index in [4.69, 9.17) is 4.74 Å². The van der Waals surface area contributed by atoms with Gasteiger partial charge in [-0.3, -0.25) is 4.79 Å². The molecular weight excluding hydrogens is 318 g/mol. The molecule has 0 saturated carbocycles. The van der Waals surface area contributed by atoms with Crippen LogP contribution in [0.2, 0.25) is 0 Å². The zero-order valence-corrected chi connectivity index (χ0v) is 12.9. The maximum Gasteiger partial charge on any atom is 0.258 e. The summed E-state index contributed by atoms with van der Waals surface area (Å²) in [4.78, 5) is 14.6. The van der Waals surface area contributed by atoms with Crippen LogP contribution in [0, 0.1) is 0 Å². The minimum atomic E-state index is 0.0528. The fourth-order valence-corrected chi connectivity index (χ4v) is 3.44. The number of fused-ring (bicyclic) bond motifs is 1. The third kappa shape index (κ3) is 2.18. The number of halogens is 1. The Kier molecular flexibility index (Phi) is 3.66. The molecule has 1 saturated heterocycles. The van der Waals surface area contributed by atoms with Crippen molar-refractivity contribution in [3.8, 4) is 5.75 Å². The first-order valence-corrected chi connectivity index (χ1v) is 7.56. The van der Waals surface area contributed by atoms with E-state index in [1.54, 1.807) is 7.11 Å². The fourth-order valence-electron chi connectivity index (χ4n) is 2.72. The third-order valence-corrected chi connectivity index (χ3v) is 4.60. The molecule has 0 bridgehead atoms. The monoisotopic (exact) mass is 333 g/mol. The van der Waals surface area contributed by atoms with Crippen molar-refractivity contribution < 1.29 is 9.53 Å². The third-order valence-electron chi connectivity index (χ3n) is 3.78. The first-order valence-electron chi connectivity index (χ1n) is 6.77. The molecule has 2 aromatic carbocycles. The van der Waals surface area contributed by atoms with Crippen molar-refractivity contribution in [2.45, 2.75) is 12.8 Å². The van der Waals surface area contributed by atoms with E-state index in [1.165, 1.54) is 0 Å². The highest BCUT2D eigenvalue weighted by Crippen LogP contribution is 2.36. The van der Waals surface area contributed by atoms with Gasteiger partial charge in [-0.25, -0.2) is 0 Å². The lowest BCUT2D eigenvalue weighted by Gasteiger charge is -2.19. The van der Waals surface area contributed by atoms with Crippen molar-refractivity contribution in [2.75, 3.05) is 20.2 Å². The Balaban J connectivity index is 2.17. The van der Waals surface area contributed by atoms with E-state index in [1.807, 2.05) is 35.2 Å². The Labute approximate surface area is 126 Å². The molecule has 20 heavy (non-hydrogen) atoms. The lowest BCUT2D eigenvalue weighted by molar-refractivity contribution is 0.0788. The van der Waals surface area contributed by atoms with E-state index in [9.17, 15) is 4.79 Å². The fraction of sp³-hybridized carbons (Fsp3) is 0.312. The molecule has 1 amide bonds. The number of amides is 1. The molecule has 0 spiro atoms. The van der Waals surface area contributed by atoms with Gasteiger partial charge in [-0.2, -0.15) is 0 Å². The van der Waals surface area contributed by atoms with Gasteiger partial charge in [0.25, 0.3) is 5.91 Å². The largest absolute Gasteiger partial charge is 0.496 e. The number of hydrogen-bond donors (Lipinski definition) is 0. The average Bonchev–Trinajstić information content (AvgIpc) is 3.00. The van der Waals surface area contributed by atoms with Crippen molar-refractivity contribution in [1.82, 2.24) is 4.90 Å². The van der Waals surface area contributed by atoms with Crippen molar-refractivity contribution >= 4 is 32.6 Å². The maximum atomic E-state index is 12.7. The number of carbonyl (C=O) groups excluding carboxylic acids is 1. The van der Waals surface area contributed by atoms with E-state index in [0.29, 0.717) is 11.3 Å². The first kappa shape index (κ1) is 13.4. The summed E-state index contributed by atoms with van der Waals surface area (Å²) < 4.78 is 6.26. The van der Waals surface area contributed by atoms with Gasteiger partial charge in [0.2, 0.25) is 0 Å². The second-order valence-corrected chi connectivity index (χ2v) is 5.78. The number of nitrogens with zero attached hydrogens (tertiary/aromatic N) is 1. The van der Waals surface area contributed by atoms with E-state index in [2.05, 4.69) is 15.9 Å². The molecular formula is C16H16BrNO2. The molecule has 3 nitrogen and oxygen atoms in total. The highest BCUT2D eigenvalue weighted by atomic mass is 79.9. The molecule has 0 unspecified atom stereocenters. The molecule has 3 rings (SSSR count). The summed E-state index contributed by atoms with van der Waals surface area (Å²) in [6.45, 7) is 1.67. The number of likely N-dealkylation sites (tertiary alicyclic amines) is 1. The molecule has 1 heterocycles. The second kappa shape index (κ2) is 5.44. The van der Waals surface area contributed by atoms with Crippen LogP contribution < -0.4 is 4.74 Å². The summed E-state index contributed by atoms with van der Waals surface area (Å²) in [5.74, 6) is 0.685. The van der Waals surface area contributed by atoms with Gasteiger partial charge in [0.05, 0.1) is 12.7 Å². The van der Waals surface area contributed by atoms with Crippen LogP contribution in [0.1, 0.15) is 23.2 Å². The molecule has 1 aliphatic rings. The number of ether oxygens (including phenoxy) is 1. The summed E-state index contributed by atoms with van der Waals surface area (Å²) in [6, 6.07) is 9.93. The standard InChI is InChI=1S/C16H16BrNO2/c1-20-13-10-11-6-2-3-7-12(11)15(17)14(13)16(19)18-8-4-5-9-18/h2-3,6-7,10H,4-5,8-9H2,1H3. The highest BCUT2D eigenvalue weighted by molar-refractivity contribution is 9.10. The Bertz CT molecular complexity index is 663. The number of benzene rings is 2. The maximum absolute atomic E-state index is 12.7. The normalized spacial score (nSPS) is 14.8. The summed E-state index contributed by atoms with van der Waals surface area (Å²) in [5.41, 5.74) is 0.633. The lowest BCUT2D eigenvalue weighted by Crippen LogP contribution is -2.28. The lowest BCUT2D eigenvalue weighted by atomic mass is 10.0. The summed E-state index contributed by atoms with van der Waals surface area (Å²) in [6.07, 6.45) is 2.17.